The minimum absolute atomic E-state index is 0.246. The maximum Gasteiger partial charge on any atom is 0.336 e. The Morgan fingerprint density at radius 1 is 1.44 bits per heavy atom. The molecule has 3 N–H and O–H groups in total. The lowest BCUT2D eigenvalue weighted by Crippen LogP contribution is -1.99. The second kappa shape index (κ2) is 3.94. The van der Waals surface area contributed by atoms with Crippen LogP contribution in [0, 0.1) is 6.92 Å². The van der Waals surface area contributed by atoms with Crippen molar-refractivity contribution in [3.05, 3.63) is 34.7 Å². The molecule has 0 unspecified atom stereocenters. The second-order valence-corrected chi connectivity index (χ2v) is 4.54. The Hall–Kier alpha value is -1.88. The molecule has 4 nitrogen and oxygen atoms in total. The summed E-state index contributed by atoms with van der Waals surface area (Å²) in [5.41, 5.74) is 7.11. The van der Waals surface area contributed by atoms with E-state index < -0.39 is 5.97 Å². The molecule has 0 saturated carbocycles. The first-order valence-corrected chi connectivity index (χ1v) is 5.47. The number of carbonyl (C=O) groups is 1. The molecule has 0 aliphatic rings. The lowest BCUT2D eigenvalue weighted by molar-refractivity contribution is 0.0697. The fourth-order valence-electron chi connectivity index (χ4n) is 1.54. The van der Waals surface area contributed by atoms with Crippen LogP contribution in [0.1, 0.15) is 15.2 Å². The van der Waals surface area contributed by atoms with E-state index in [1.807, 2.05) is 6.92 Å². The molecule has 1 aromatic carbocycles. The van der Waals surface area contributed by atoms with Gasteiger partial charge in [0.15, 0.2) is 5.13 Å². The van der Waals surface area contributed by atoms with Crippen molar-refractivity contribution in [2.45, 2.75) is 6.92 Å². The lowest BCUT2D eigenvalue weighted by Gasteiger charge is -2.03. The van der Waals surface area contributed by atoms with Crippen LogP contribution in [-0.4, -0.2) is 16.1 Å². The number of carboxylic acids is 1. The Bertz CT molecular complexity index is 549. The highest BCUT2D eigenvalue weighted by atomic mass is 32.1. The van der Waals surface area contributed by atoms with Crippen LogP contribution in [-0.2, 0) is 0 Å². The van der Waals surface area contributed by atoms with Crippen LogP contribution in [0.2, 0.25) is 0 Å². The van der Waals surface area contributed by atoms with Crippen LogP contribution in [0.25, 0.3) is 11.3 Å². The Kier molecular flexibility index (Phi) is 2.62. The highest BCUT2D eigenvalue weighted by Gasteiger charge is 2.15. The van der Waals surface area contributed by atoms with Crippen LogP contribution in [0.5, 0.6) is 0 Å². The molecule has 2 rings (SSSR count). The number of hydrogen-bond donors (Lipinski definition) is 2. The van der Waals surface area contributed by atoms with Gasteiger partial charge in [-0.3, -0.25) is 0 Å². The quantitative estimate of drug-likeness (QED) is 0.836. The molecule has 1 heterocycles. The van der Waals surface area contributed by atoms with Crippen LogP contribution in [0.15, 0.2) is 24.3 Å². The summed E-state index contributed by atoms with van der Waals surface area (Å²) < 4.78 is 0. The third-order valence-electron chi connectivity index (χ3n) is 2.23. The Morgan fingerprint density at radius 2 is 2.12 bits per heavy atom. The Morgan fingerprint density at radius 3 is 2.69 bits per heavy atom. The van der Waals surface area contributed by atoms with Gasteiger partial charge in [0.25, 0.3) is 0 Å². The van der Waals surface area contributed by atoms with Gasteiger partial charge in [0.05, 0.1) is 11.3 Å². The number of carboxylic acid groups (broad SMARTS) is 1. The maximum atomic E-state index is 11.1. The lowest BCUT2D eigenvalue weighted by atomic mass is 10.0. The normalized spacial score (nSPS) is 10.3. The van der Waals surface area contributed by atoms with E-state index in [0.29, 0.717) is 16.4 Å². The molecule has 0 radical (unpaired) electrons. The standard InChI is InChI=1S/C11H10N2O2S/c1-6-9(13-11(12)16-6)7-4-2-3-5-8(7)10(14)15/h2-5H,1H3,(H2,12,13)(H,14,15). The van der Waals surface area contributed by atoms with Gasteiger partial charge in [-0.25, -0.2) is 9.78 Å². The molecule has 5 heteroatoms. The van der Waals surface area contributed by atoms with Crippen LogP contribution in [0.3, 0.4) is 0 Å². The number of nitrogens with zero attached hydrogens (tertiary/aromatic N) is 1. The number of rotatable bonds is 2. The van der Waals surface area contributed by atoms with Crippen LogP contribution >= 0.6 is 11.3 Å². The third-order valence-corrected chi connectivity index (χ3v) is 3.03. The van der Waals surface area contributed by atoms with Crippen LogP contribution < -0.4 is 5.73 Å². The predicted octanol–water partition coefficient (Wildman–Crippen LogP) is 2.40. The molecule has 0 fully saturated rings. The van der Waals surface area contributed by atoms with E-state index in [2.05, 4.69) is 4.98 Å². The van der Waals surface area contributed by atoms with Crippen molar-refractivity contribution < 1.29 is 9.90 Å². The molecule has 0 aliphatic heterocycles. The molecule has 0 spiro atoms. The van der Waals surface area contributed by atoms with Crippen molar-refractivity contribution >= 4 is 22.4 Å². The first-order chi connectivity index (χ1) is 7.59. The number of thiazole rings is 1. The first-order valence-electron chi connectivity index (χ1n) is 4.65. The number of benzene rings is 1. The maximum absolute atomic E-state index is 11.1. The topological polar surface area (TPSA) is 76.2 Å². The van der Waals surface area contributed by atoms with E-state index in [1.54, 1.807) is 24.3 Å². The average molecular weight is 234 g/mol. The van der Waals surface area contributed by atoms with Gasteiger partial charge in [-0.05, 0) is 13.0 Å². The van der Waals surface area contributed by atoms with Crippen LogP contribution in [0.4, 0.5) is 5.13 Å². The molecule has 2 aromatic rings. The molecular formula is C11H10N2O2S. The minimum atomic E-state index is -0.957. The second-order valence-electron chi connectivity index (χ2n) is 3.31. The zero-order valence-corrected chi connectivity index (χ0v) is 9.41. The summed E-state index contributed by atoms with van der Waals surface area (Å²) in [6.45, 7) is 1.88. The third kappa shape index (κ3) is 1.77. The molecule has 16 heavy (non-hydrogen) atoms. The molecule has 0 atom stereocenters. The van der Waals surface area contributed by atoms with Gasteiger partial charge in [-0.15, -0.1) is 11.3 Å². The highest BCUT2D eigenvalue weighted by Crippen LogP contribution is 2.30. The van der Waals surface area contributed by atoms with Gasteiger partial charge < -0.3 is 10.8 Å². The summed E-state index contributed by atoms with van der Waals surface area (Å²) in [6, 6.07) is 6.78. The van der Waals surface area contributed by atoms with Crippen molar-refractivity contribution in [2.24, 2.45) is 0 Å². The number of nitrogens with two attached hydrogens (primary N) is 1. The monoisotopic (exact) mass is 234 g/mol. The molecular weight excluding hydrogens is 224 g/mol. The Balaban J connectivity index is 2.64. The summed E-state index contributed by atoms with van der Waals surface area (Å²) in [7, 11) is 0. The number of anilines is 1. The van der Waals surface area contributed by atoms with Gasteiger partial charge in [0.1, 0.15) is 0 Å². The van der Waals surface area contributed by atoms with E-state index in [9.17, 15) is 4.79 Å². The summed E-state index contributed by atoms with van der Waals surface area (Å²) >= 11 is 1.36. The number of hydrogen-bond acceptors (Lipinski definition) is 4. The number of aryl methyl sites for hydroxylation is 1. The van der Waals surface area contributed by atoms with Crippen molar-refractivity contribution in [1.29, 1.82) is 0 Å². The Labute approximate surface area is 96.4 Å². The first kappa shape index (κ1) is 10.6. The van der Waals surface area contributed by atoms with Gasteiger partial charge in [0.2, 0.25) is 0 Å². The summed E-state index contributed by atoms with van der Waals surface area (Å²) in [5, 5.41) is 9.52. The fourth-order valence-corrected chi connectivity index (χ4v) is 2.25. The summed E-state index contributed by atoms with van der Waals surface area (Å²) in [5.74, 6) is -0.957. The van der Waals surface area contributed by atoms with Crippen molar-refractivity contribution in [1.82, 2.24) is 4.98 Å². The molecule has 1 aromatic heterocycles. The molecule has 0 saturated heterocycles. The van der Waals surface area contributed by atoms with E-state index >= 15 is 0 Å². The zero-order chi connectivity index (χ0) is 11.7. The fraction of sp³-hybridized carbons (Fsp3) is 0.0909. The average Bonchev–Trinajstić information content (AvgIpc) is 2.57. The number of aromatic carboxylic acids is 1. The predicted molar refractivity (Wildman–Crippen MR) is 63.7 cm³/mol. The highest BCUT2D eigenvalue weighted by molar-refractivity contribution is 7.15. The molecule has 0 bridgehead atoms. The van der Waals surface area contributed by atoms with Gasteiger partial charge >= 0.3 is 5.97 Å². The molecule has 0 aliphatic carbocycles. The number of aromatic nitrogens is 1. The van der Waals surface area contributed by atoms with E-state index in [1.165, 1.54) is 11.3 Å². The zero-order valence-electron chi connectivity index (χ0n) is 8.60. The van der Waals surface area contributed by atoms with E-state index in [-0.39, 0.29) is 5.56 Å². The number of nitrogen functional groups attached to an aromatic ring is 1. The van der Waals surface area contributed by atoms with E-state index in [4.69, 9.17) is 10.8 Å². The van der Waals surface area contributed by atoms with Gasteiger partial charge in [-0.2, -0.15) is 0 Å². The van der Waals surface area contributed by atoms with Crippen molar-refractivity contribution in [3.8, 4) is 11.3 Å². The smallest absolute Gasteiger partial charge is 0.336 e. The summed E-state index contributed by atoms with van der Waals surface area (Å²) in [4.78, 5) is 16.1. The minimum Gasteiger partial charge on any atom is -0.478 e. The van der Waals surface area contributed by atoms with Crippen molar-refractivity contribution in [3.63, 3.8) is 0 Å². The van der Waals surface area contributed by atoms with Gasteiger partial charge in [-0.1, -0.05) is 18.2 Å². The molecule has 82 valence electrons. The van der Waals surface area contributed by atoms with E-state index in [0.717, 1.165) is 4.88 Å². The SMILES string of the molecule is Cc1sc(N)nc1-c1ccccc1C(=O)O. The van der Waals surface area contributed by atoms with Crippen molar-refractivity contribution in [2.75, 3.05) is 5.73 Å². The molecule has 0 amide bonds. The largest absolute Gasteiger partial charge is 0.478 e. The van der Waals surface area contributed by atoms with Gasteiger partial charge in [0, 0.05) is 10.4 Å². The summed E-state index contributed by atoms with van der Waals surface area (Å²) in [6.07, 6.45) is 0.